The summed E-state index contributed by atoms with van der Waals surface area (Å²) in [6, 6.07) is 10.1. The average molecular weight is 484 g/mol. The SMILES string of the molecule is O=C1CCC(N2Cc3c(cc(F)cc3C3CCN(CCc4ccc(Cl)cc4)CC3)C2=O)C(=O)N1. The number of carbonyl (C=O) groups is 3. The lowest BCUT2D eigenvalue weighted by molar-refractivity contribution is -0.136. The summed E-state index contributed by atoms with van der Waals surface area (Å²) in [5.74, 6) is -1.35. The summed E-state index contributed by atoms with van der Waals surface area (Å²) in [7, 11) is 0. The monoisotopic (exact) mass is 483 g/mol. The first kappa shape index (κ1) is 23.0. The van der Waals surface area contributed by atoms with Gasteiger partial charge in [-0.15, -0.1) is 0 Å². The highest BCUT2D eigenvalue weighted by molar-refractivity contribution is 6.30. The van der Waals surface area contributed by atoms with Crippen molar-refractivity contribution >= 4 is 29.3 Å². The molecular weight excluding hydrogens is 457 g/mol. The molecule has 3 amide bonds. The third-order valence-electron chi connectivity index (χ3n) is 7.31. The molecule has 2 aromatic carbocycles. The number of likely N-dealkylation sites (tertiary alicyclic amines) is 1. The number of carbonyl (C=O) groups excluding carboxylic acids is 3. The van der Waals surface area contributed by atoms with Crippen LogP contribution in [0.15, 0.2) is 36.4 Å². The fourth-order valence-corrected chi connectivity index (χ4v) is 5.55. The van der Waals surface area contributed by atoms with E-state index in [1.807, 2.05) is 12.1 Å². The van der Waals surface area contributed by atoms with E-state index in [9.17, 15) is 18.8 Å². The van der Waals surface area contributed by atoms with Gasteiger partial charge in [0.2, 0.25) is 11.8 Å². The van der Waals surface area contributed by atoms with E-state index in [2.05, 4.69) is 22.3 Å². The van der Waals surface area contributed by atoms with Crippen LogP contribution >= 0.6 is 11.6 Å². The number of rotatable bonds is 5. The van der Waals surface area contributed by atoms with Crippen LogP contribution in [0, 0.1) is 5.82 Å². The third kappa shape index (κ3) is 4.59. The van der Waals surface area contributed by atoms with E-state index >= 15 is 0 Å². The predicted molar refractivity (Wildman–Crippen MR) is 126 cm³/mol. The van der Waals surface area contributed by atoms with Crippen LogP contribution in [-0.4, -0.2) is 53.2 Å². The van der Waals surface area contributed by atoms with Crippen LogP contribution < -0.4 is 5.32 Å². The maximum atomic E-state index is 14.5. The Morgan fingerprint density at radius 1 is 1.03 bits per heavy atom. The quantitative estimate of drug-likeness (QED) is 0.659. The van der Waals surface area contributed by atoms with Crippen molar-refractivity contribution in [2.75, 3.05) is 19.6 Å². The molecule has 0 aliphatic carbocycles. The molecule has 3 aliphatic heterocycles. The minimum atomic E-state index is -0.691. The van der Waals surface area contributed by atoms with Crippen LogP contribution in [-0.2, 0) is 22.6 Å². The Hall–Kier alpha value is -2.77. The van der Waals surface area contributed by atoms with E-state index in [-0.39, 0.29) is 30.7 Å². The van der Waals surface area contributed by atoms with Crippen molar-refractivity contribution in [3.05, 3.63) is 69.5 Å². The van der Waals surface area contributed by atoms with Gasteiger partial charge in [-0.2, -0.15) is 0 Å². The Labute approximate surface area is 203 Å². The molecule has 0 bridgehead atoms. The maximum Gasteiger partial charge on any atom is 0.255 e. The lowest BCUT2D eigenvalue weighted by Crippen LogP contribution is -2.52. The first-order chi connectivity index (χ1) is 16.4. The molecule has 178 valence electrons. The Bertz CT molecular complexity index is 1130. The molecule has 3 heterocycles. The van der Waals surface area contributed by atoms with E-state index in [1.165, 1.54) is 16.5 Å². The molecule has 3 aliphatic rings. The number of imide groups is 1. The molecule has 5 rings (SSSR count). The molecule has 34 heavy (non-hydrogen) atoms. The highest BCUT2D eigenvalue weighted by atomic mass is 35.5. The molecule has 2 saturated heterocycles. The van der Waals surface area contributed by atoms with Gasteiger partial charge >= 0.3 is 0 Å². The summed E-state index contributed by atoms with van der Waals surface area (Å²) in [5, 5.41) is 3.05. The van der Waals surface area contributed by atoms with Gasteiger partial charge in [-0.3, -0.25) is 19.7 Å². The van der Waals surface area contributed by atoms with Crippen LogP contribution in [0.3, 0.4) is 0 Å². The number of piperidine rings is 2. The van der Waals surface area contributed by atoms with Crippen molar-refractivity contribution in [1.29, 1.82) is 0 Å². The van der Waals surface area contributed by atoms with Crippen LogP contribution in [0.5, 0.6) is 0 Å². The second-order valence-corrected chi connectivity index (χ2v) is 9.85. The van der Waals surface area contributed by atoms with Gasteiger partial charge in [-0.05, 0) is 85.6 Å². The van der Waals surface area contributed by atoms with Crippen molar-refractivity contribution in [3.8, 4) is 0 Å². The topological polar surface area (TPSA) is 69.7 Å². The lowest BCUT2D eigenvalue weighted by atomic mass is 9.85. The van der Waals surface area contributed by atoms with Gasteiger partial charge < -0.3 is 9.80 Å². The summed E-state index contributed by atoms with van der Waals surface area (Å²) >= 11 is 5.97. The number of halogens is 2. The minimum Gasteiger partial charge on any atom is -0.322 e. The van der Waals surface area contributed by atoms with Crippen LogP contribution in [0.25, 0.3) is 0 Å². The third-order valence-corrected chi connectivity index (χ3v) is 7.56. The molecular formula is C26H27ClFN3O3. The van der Waals surface area contributed by atoms with Gasteiger partial charge in [0.15, 0.2) is 0 Å². The molecule has 0 saturated carbocycles. The molecule has 2 aromatic rings. The Balaban J connectivity index is 1.26. The normalized spacial score (nSPS) is 21.6. The molecule has 1 atom stereocenters. The summed E-state index contributed by atoms with van der Waals surface area (Å²) in [6.45, 7) is 3.06. The zero-order chi connectivity index (χ0) is 23.8. The van der Waals surface area contributed by atoms with Crippen molar-refractivity contribution in [1.82, 2.24) is 15.1 Å². The number of nitrogens with one attached hydrogen (secondary N) is 1. The van der Waals surface area contributed by atoms with E-state index in [0.29, 0.717) is 12.0 Å². The van der Waals surface area contributed by atoms with Gasteiger partial charge in [0.05, 0.1) is 0 Å². The highest BCUT2D eigenvalue weighted by Gasteiger charge is 2.41. The average Bonchev–Trinajstić information content (AvgIpc) is 3.14. The molecule has 1 unspecified atom stereocenters. The van der Waals surface area contributed by atoms with Gasteiger partial charge in [0.1, 0.15) is 11.9 Å². The first-order valence-corrected chi connectivity index (χ1v) is 12.2. The van der Waals surface area contributed by atoms with E-state index < -0.39 is 17.8 Å². The van der Waals surface area contributed by atoms with Crippen molar-refractivity contribution in [2.24, 2.45) is 0 Å². The fourth-order valence-electron chi connectivity index (χ4n) is 5.42. The number of nitrogens with zero attached hydrogens (tertiary/aromatic N) is 2. The second-order valence-electron chi connectivity index (χ2n) is 9.41. The van der Waals surface area contributed by atoms with Crippen LogP contribution in [0.4, 0.5) is 4.39 Å². The number of hydrogen-bond acceptors (Lipinski definition) is 4. The molecule has 0 aromatic heterocycles. The zero-order valence-corrected chi connectivity index (χ0v) is 19.6. The Kier molecular flexibility index (Phi) is 6.40. The smallest absolute Gasteiger partial charge is 0.255 e. The van der Waals surface area contributed by atoms with Crippen molar-refractivity contribution in [3.63, 3.8) is 0 Å². The highest BCUT2D eigenvalue weighted by Crippen LogP contribution is 2.37. The standard InChI is InChI=1S/C26H27ClFN3O3/c27-18-3-1-16(2-4-18)7-10-30-11-8-17(9-12-30)20-13-19(28)14-21-22(20)15-31(26(21)34)23-5-6-24(32)29-25(23)33/h1-4,13-14,17,23H,5-12,15H2,(H,29,32,33). The molecule has 0 radical (unpaired) electrons. The Morgan fingerprint density at radius 3 is 2.47 bits per heavy atom. The van der Waals surface area contributed by atoms with Crippen LogP contribution in [0.2, 0.25) is 5.02 Å². The Morgan fingerprint density at radius 2 is 1.76 bits per heavy atom. The van der Waals surface area contributed by atoms with Gasteiger partial charge in [0, 0.05) is 30.1 Å². The van der Waals surface area contributed by atoms with Gasteiger partial charge in [0.25, 0.3) is 5.91 Å². The molecule has 1 N–H and O–H groups in total. The largest absolute Gasteiger partial charge is 0.322 e. The number of hydrogen-bond donors (Lipinski definition) is 1. The van der Waals surface area contributed by atoms with Crippen LogP contribution in [0.1, 0.15) is 58.6 Å². The van der Waals surface area contributed by atoms with Crippen molar-refractivity contribution < 1.29 is 18.8 Å². The second kappa shape index (κ2) is 9.47. The molecule has 8 heteroatoms. The van der Waals surface area contributed by atoms with E-state index in [1.54, 1.807) is 6.07 Å². The number of benzene rings is 2. The van der Waals surface area contributed by atoms with Gasteiger partial charge in [-0.25, -0.2) is 4.39 Å². The maximum absolute atomic E-state index is 14.5. The molecule has 2 fully saturated rings. The fraction of sp³-hybridized carbons (Fsp3) is 0.423. The summed E-state index contributed by atoms with van der Waals surface area (Å²) in [4.78, 5) is 40.9. The predicted octanol–water partition coefficient (Wildman–Crippen LogP) is 3.66. The number of amides is 3. The minimum absolute atomic E-state index is 0.172. The van der Waals surface area contributed by atoms with Crippen molar-refractivity contribution in [2.45, 2.75) is 50.6 Å². The molecule has 0 spiro atoms. The number of fused-ring (bicyclic) bond motifs is 1. The summed E-state index contributed by atoms with van der Waals surface area (Å²) in [5.41, 5.74) is 3.32. The first-order valence-electron chi connectivity index (χ1n) is 11.8. The summed E-state index contributed by atoms with van der Waals surface area (Å²) < 4.78 is 14.5. The van der Waals surface area contributed by atoms with E-state index in [0.717, 1.165) is 55.0 Å². The zero-order valence-electron chi connectivity index (χ0n) is 18.9. The molecule has 6 nitrogen and oxygen atoms in total. The summed E-state index contributed by atoms with van der Waals surface area (Å²) in [6.07, 6.45) is 3.24. The van der Waals surface area contributed by atoms with Gasteiger partial charge in [-0.1, -0.05) is 23.7 Å². The van der Waals surface area contributed by atoms with E-state index in [4.69, 9.17) is 11.6 Å². The lowest BCUT2D eigenvalue weighted by Gasteiger charge is -2.33.